The number of carbonyl (C=O) groups is 4. The highest BCUT2D eigenvalue weighted by Gasteiger charge is 2.65. The van der Waals surface area contributed by atoms with Crippen molar-refractivity contribution < 1.29 is 43.3 Å². The minimum Gasteiger partial charge on any atom is -0.462 e. The van der Waals surface area contributed by atoms with E-state index in [9.17, 15) is 24.3 Å². The van der Waals surface area contributed by atoms with Gasteiger partial charge in [-0.05, 0) is 83.6 Å². The molecular formula is C38H49N2O8S+. The van der Waals surface area contributed by atoms with E-state index in [1.807, 2.05) is 36.0 Å². The molecule has 0 saturated heterocycles. The third-order valence-corrected chi connectivity index (χ3v) is 12.6. The summed E-state index contributed by atoms with van der Waals surface area (Å²) in [4.78, 5) is 57.6. The van der Waals surface area contributed by atoms with Gasteiger partial charge in [-0.15, -0.1) is 0 Å². The lowest BCUT2D eigenvalue weighted by Crippen LogP contribution is -2.57. The highest BCUT2D eigenvalue weighted by molar-refractivity contribution is 7.80. The topological polar surface area (TPSA) is 125 Å². The summed E-state index contributed by atoms with van der Waals surface area (Å²) < 4.78 is 15.7. The van der Waals surface area contributed by atoms with Crippen molar-refractivity contribution in [1.29, 1.82) is 0 Å². The average molecular weight is 694 g/mol. The van der Waals surface area contributed by atoms with Crippen LogP contribution in [-0.2, 0) is 48.7 Å². The number of aliphatic hydroxyl groups excluding tert-OH is 1. The third kappa shape index (κ3) is 6.04. The molecule has 1 N–H and O–H groups in total. The van der Waals surface area contributed by atoms with Crippen LogP contribution in [0.1, 0.15) is 70.6 Å². The normalized spacial score (nSPS) is 31.8. The number of hydrogen-bond acceptors (Lipinski definition) is 9. The SMILES string of the molecule is CO[n+]1cccc2c(COC(=O)CCC(=O)OC3CC4(C)C(C[C@@H](C)C4C(=O)CO)C4CCC5=CC(=O)C=CC5(C)C34)c(CCS)n(C)c21. The van der Waals surface area contributed by atoms with Gasteiger partial charge >= 0.3 is 17.6 Å². The van der Waals surface area contributed by atoms with Gasteiger partial charge in [0.2, 0.25) is 0 Å². The van der Waals surface area contributed by atoms with Crippen LogP contribution in [0, 0.1) is 40.4 Å². The second-order valence-electron chi connectivity index (χ2n) is 14.9. The first-order chi connectivity index (χ1) is 23.4. The summed E-state index contributed by atoms with van der Waals surface area (Å²) in [6.07, 6.45) is 10.0. The van der Waals surface area contributed by atoms with Gasteiger partial charge in [-0.3, -0.25) is 19.2 Å². The van der Waals surface area contributed by atoms with Crippen LogP contribution in [0.25, 0.3) is 11.0 Å². The summed E-state index contributed by atoms with van der Waals surface area (Å²) in [7, 11) is 3.53. The van der Waals surface area contributed by atoms with Crippen molar-refractivity contribution in [2.24, 2.45) is 47.5 Å². The van der Waals surface area contributed by atoms with Crippen LogP contribution in [-0.4, -0.2) is 58.8 Å². The maximum Gasteiger partial charge on any atom is 0.328 e. The third-order valence-electron chi connectivity index (χ3n) is 12.4. The molecule has 8 atom stereocenters. The number of allylic oxidation sites excluding steroid dienone is 4. The number of rotatable bonds is 11. The molecular weight excluding hydrogens is 644 g/mol. The monoisotopic (exact) mass is 693 g/mol. The van der Waals surface area contributed by atoms with Crippen LogP contribution in [0.2, 0.25) is 0 Å². The van der Waals surface area contributed by atoms with Crippen LogP contribution in [0.3, 0.4) is 0 Å². The molecule has 0 spiro atoms. The number of hydrogen-bond donors (Lipinski definition) is 2. The van der Waals surface area contributed by atoms with Crippen molar-refractivity contribution in [3.63, 3.8) is 0 Å². The second kappa shape index (κ2) is 13.7. The summed E-state index contributed by atoms with van der Waals surface area (Å²) in [5, 5.41) is 10.8. The second-order valence-corrected chi connectivity index (χ2v) is 15.4. The van der Waals surface area contributed by atoms with Crippen LogP contribution in [0.5, 0.6) is 0 Å². The molecule has 2 aromatic heterocycles. The lowest BCUT2D eigenvalue weighted by Gasteiger charge is -2.59. The predicted molar refractivity (Wildman–Crippen MR) is 184 cm³/mol. The molecule has 10 nitrogen and oxygen atoms in total. The number of fused-ring (bicyclic) bond motifs is 6. The molecule has 6 rings (SSSR count). The van der Waals surface area contributed by atoms with Crippen molar-refractivity contribution >= 4 is 47.2 Å². The molecule has 0 aliphatic heterocycles. The van der Waals surface area contributed by atoms with Crippen molar-refractivity contribution in [3.05, 3.63) is 53.4 Å². The molecule has 0 bridgehead atoms. The van der Waals surface area contributed by atoms with Gasteiger partial charge in [-0.1, -0.05) is 32.4 Å². The van der Waals surface area contributed by atoms with E-state index in [-0.39, 0.29) is 60.6 Å². The smallest absolute Gasteiger partial charge is 0.328 e. The first kappa shape index (κ1) is 35.4. The van der Waals surface area contributed by atoms with Crippen molar-refractivity contribution in [2.45, 2.75) is 78.4 Å². The van der Waals surface area contributed by atoms with Gasteiger partial charge < -0.3 is 19.4 Å². The van der Waals surface area contributed by atoms with Crippen molar-refractivity contribution in [2.75, 3.05) is 19.5 Å². The summed E-state index contributed by atoms with van der Waals surface area (Å²) >= 11 is 4.43. The zero-order chi connectivity index (χ0) is 35.2. The molecule has 7 unspecified atom stereocenters. The summed E-state index contributed by atoms with van der Waals surface area (Å²) in [5.41, 5.74) is 2.85. The molecule has 0 amide bonds. The number of aromatic nitrogens is 2. The van der Waals surface area contributed by atoms with E-state index in [2.05, 4.69) is 33.4 Å². The summed E-state index contributed by atoms with van der Waals surface area (Å²) in [5.74, 6) is -0.471. The minimum absolute atomic E-state index is 0.0270. The molecule has 4 aliphatic carbocycles. The largest absolute Gasteiger partial charge is 0.462 e. The lowest BCUT2D eigenvalue weighted by atomic mass is 9.46. The fourth-order valence-electron chi connectivity index (χ4n) is 10.5. The Bertz CT molecular complexity index is 1730. The molecule has 264 valence electrons. The molecule has 0 radical (unpaired) electrons. The van der Waals surface area contributed by atoms with Crippen LogP contribution in [0.15, 0.2) is 42.1 Å². The zero-order valence-electron chi connectivity index (χ0n) is 29.1. The Morgan fingerprint density at radius 2 is 1.94 bits per heavy atom. The number of Topliss-reactive ketones (excluding diaryl/α,β-unsaturated/α-hetero) is 1. The number of ketones is 2. The predicted octanol–water partition coefficient (Wildman–Crippen LogP) is 4.07. The first-order valence-electron chi connectivity index (χ1n) is 17.5. The first-order valence-corrected chi connectivity index (χ1v) is 18.1. The standard InChI is InChI=1S/C38H48N2O8S/c1-22-17-28-26-9-8-23-18-24(42)12-14-37(23,2)35(26)31(19-38(28,3)34(22)30(43)20-41)48-33(45)11-10-32(44)47-21-27-25-7-6-15-40(46-5)36(25)39(4)29(27)13-16-49/h6-7,12,14-15,18,22,26,28,31,34-35,41H,8-11,13,16-17,19-21H2,1-5H3/p+1/t22-,26?,28?,31?,34?,35?,37?,38?/m1/s1. The molecule has 2 heterocycles. The lowest BCUT2D eigenvalue weighted by molar-refractivity contribution is -0.867. The number of carbonyl (C=O) groups excluding carboxylic acids is 4. The number of pyridine rings is 1. The molecule has 0 aromatic carbocycles. The summed E-state index contributed by atoms with van der Waals surface area (Å²) in [6.45, 7) is 5.90. The molecule has 4 aliphatic rings. The van der Waals surface area contributed by atoms with E-state index in [0.717, 1.165) is 47.1 Å². The Morgan fingerprint density at radius 1 is 1.18 bits per heavy atom. The number of esters is 2. The quantitative estimate of drug-likeness (QED) is 0.205. The number of ether oxygens (including phenoxy) is 2. The highest BCUT2D eigenvalue weighted by Crippen LogP contribution is 2.67. The Kier molecular flexibility index (Phi) is 9.89. The van der Waals surface area contributed by atoms with Gasteiger partial charge in [0.15, 0.2) is 11.6 Å². The van der Waals surface area contributed by atoms with Gasteiger partial charge in [0.1, 0.15) is 38.3 Å². The van der Waals surface area contributed by atoms with Gasteiger partial charge in [0.05, 0.1) is 25.3 Å². The highest BCUT2D eigenvalue weighted by atomic mass is 32.1. The molecule has 3 saturated carbocycles. The maximum atomic E-state index is 13.5. The Hall–Kier alpha value is -3.44. The van der Waals surface area contributed by atoms with E-state index >= 15 is 0 Å². The van der Waals surface area contributed by atoms with Crippen LogP contribution >= 0.6 is 12.6 Å². The van der Waals surface area contributed by atoms with E-state index in [4.69, 9.17) is 14.3 Å². The van der Waals surface area contributed by atoms with Gasteiger partial charge in [-0.2, -0.15) is 12.6 Å². The average Bonchev–Trinajstić information content (AvgIpc) is 3.50. The van der Waals surface area contributed by atoms with Gasteiger partial charge in [0.25, 0.3) is 0 Å². The number of thiol groups is 1. The Morgan fingerprint density at radius 3 is 2.65 bits per heavy atom. The number of nitrogens with zero attached hydrogens (tertiary/aromatic N) is 2. The molecule has 11 heteroatoms. The molecule has 3 fully saturated rings. The van der Waals surface area contributed by atoms with Gasteiger partial charge in [0, 0.05) is 29.2 Å². The fourth-order valence-corrected chi connectivity index (χ4v) is 10.7. The maximum absolute atomic E-state index is 13.5. The molecule has 49 heavy (non-hydrogen) atoms. The summed E-state index contributed by atoms with van der Waals surface area (Å²) in [6, 6.07) is 3.83. The van der Waals surface area contributed by atoms with E-state index in [1.54, 1.807) is 24.0 Å². The van der Waals surface area contributed by atoms with E-state index in [0.29, 0.717) is 18.6 Å². The number of aryl methyl sites for hydroxylation is 1. The Labute approximate surface area is 293 Å². The fraction of sp³-hybridized carbons (Fsp3) is 0.605. The van der Waals surface area contributed by atoms with Crippen LogP contribution in [0.4, 0.5) is 0 Å². The number of aliphatic hydroxyl groups is 1. The Balaban J connectivity index is 1.19. The van der Waals surface area contributed by atoms with Gasteiger partial charge in [-0.25, -0.2) is 4.57 Å². The molecule has 2 aromatic rings. The van der Waals surface area contributed by atoms with Crippen molar-refractivity contribution in [1.82, 2.24) is 4.57 Å². The van der Waals surface area contributed by atoms with Crippen LogP contribution < -0.4 is 9.57 Å². The zero-order valence-corrected chi connectivity index (χ0v) is 30.0. The minimum atomic E-state index is -0.521. The van der Waals surface area contributed by atoms with E-state index < -0.39 is 35.5 Å². The van der Waals surface area contributed by atoms with Crippen molar-refractivity contribution in [3.8, 4) is 0 Å². The van der Waals surface area contributed by atoms with E-state index in [1.165, 1.54) is 0 Å².